The van der Waals surface area contributed by atoms with Crippen LogP contribution in [-0.2, 0) is 4.79 Å². The van der Waals surface area contributed by atoms with E-state index in [1.54, 1.807) is 12.1 Å². The van der Waals surface area contributed by atoms with Crippen LogP contribution in [0.3, 0.4) is 0 Å². The van der Waals surface area contributed by atoms with E-state index in [9.17, 15) is 9.18 Å². The van der Waals surface area contributed by atoms with Crippen LogP contribution in [0.25, 0.3) is 0 Å². The zero-order valence-electron chi connectivity index (χ0n) is 11.4. The second kappa shape index (κ2) is 7.21. The van der Waals surface area contributed by atoms with Crippen LogP contribution in [0, 0.1) is 5.82 Å². The Morgan fingerprint density at radius 3 is 2.60 bits per heavy atom. The molecule has 2 rings (SSSR count). The van der Waals surface area contributed by atoms with Crippen LogP contribution >= 0.6 is 0 Å². The summed E-state index contributed by atoms with van der Waals surface area (Å²) in [6, 6.07) is 6.75. The molecular weight excluding hydrogens is 261 g/mol. The summed E-state index contributed by atoms with van der Waals surface area (Å²) < 4.78 is 13.7. The van der Waals surface area contributed by atoms with Crippen molar-refractivity contribution in [1.29, 1.82) is 0 Å². The molecule has 1 amide bonds. The fourth-order valence-electron chi connectivity index (χ4n) is 2.31. The molecule has 110 valence electrons. The lowest BCUT2D eigenvalue weighted by Gasteiger charge is -2.35. The lowest BCUT2D eigenvalue weighted by molar-refractivity contribution is -0.122. The fourth-order valence-corrected chi connectivity index (χ4v) is 2.31. The summed E-state index contributed by atoms with van der Waals surface area (Å²) in [6.45, 7) is 3.41. The number of carbonyl (C=O) groups excluding carboxylic acids is 1. The van der Waals surface area contributed by atoms with Gasteiger partial charge in [0.05, 0.1) is 18.8 Å². The van der Waals surface area contributed by atoms with Crippen LogP contribution in [0.1, 0.15) is 0 Å². The van der Waals surface area contributed by atoms with E-state index in [2.05, 4.69) is 5.32 Å². The van der Waals surface area contributed by atoms with Crippen LogP contribution in [0.2, 0.25) is 0 Å². The van der Waals surface area contributed by atoms with Crippen LogP contribution < -0.4 is 10.2 Å². The number of hydrogen-bond donors (Lipinski definition) is 2. The molecule has 0 unspecified atom stereocenters. The fraction of sp³-hybridized carbons (Fsp3) is 0.500. The van der Waals surface area contributed by atoms with Crippen molar-refractivity contribution in [3.8, 4) is 0 Å². The maximum Gasteiger partial charge on any atom is 0.234 e. The molecule has 0 spiro atoms. The summed E-state index contributed by atoms with van der Waals surface area (Å²) in [7, 11) is 0. The maximum absolute atomic E-state index is 13.7. The zero-order chi connectivity index (χ0) is 14.4. The quantitative estimate of drug-likeness (QED) is 0.801. The number of hydrogen-bond acceptors (Lipinski definition) is 4. The number of aliphatic hydroxyl groups is 1. The first-order chi connectivity index (χ1) is 9.70. The van der Waals surface area contributed by atoms with E-state index in [1.165, 1.54) is 6.07 Å². The average molecular weight is 281 g/mol. The van der Waals surface area contributed by atoms with Crippen molar-refractivity contribution in [2.45, 2.75) is 0 Å². The molecule has 2 N–H and O–H groups in total. The van der Waals surface area contributed by atoms with Crippen molar-refractivity contribution < 1.29 is 14.3 Å². The van der Waals surface area contributed by atoms with Gasteiger partial charge in [0, 0.05) is 32.7 Å². The van der Waals surface area contributed by atoms with E-state index < -0.39 is 0 Å². The molecule has 1 aromatic carbocycles. The topological polar surface area (TPSA) is 55.8 Å². The summed E-state index contributed by atoms with van der Waals surface area (Å²) in [5.74, 6) is -0.292. The van der Waals surface area contributed by atoms with Gasteiger partial charge >= 0.3 is 0 Å². The number of benzene rings is 1. The first-order valence-electron chi connectivity index (χ1n) is 6.80. The van der Waals surface area contributed by atoms with Crippen molar-refractivity contribution in [2.75, 3.05) is 50.8 Å². The van der Waals surface area contributed by atoms with Crippen molar-refractivity contribution in [3.63, 3.8) is 0 Å². The number of nitrogens with zero attached hydrogens (tertiary/aromatic N) is 2. The van der Waals surface area contributed by atoms with Gasteiger partial charge in [-0.3, -0.25) is 9.69 Å². The van der Waals surface area contributed by atoms with E-state index in [0.717, 1.165) is 13.1 Å². The van der Waals surface area contributed by atoms with E-state index in [-0.39, 0.29) is 24.9 Å². The number of rotatable bonds is 5. The third-order valence-corrected chi connectivity index (χ3v) is 3.37. The highest BCUT2D eigenvalue weighted by atomic mass is 19.1. The van der Waals surface area contributed by atoms with Crippen molar-refractivity contribution >= 4 is 11.6 Å². The second-order valence-electron chi connectivity index (χ2n) is 4.79. The van der Waals surface area contributed by atoms with Crippen molar-refractivity contribution in [2.24, 2.45) is 0 Å². The Labute approximate surface area is 118 Å². The zero-order valence-corrected chi connectivity index (χ0v) is 11.4. The van der Waals surface area contributed by atoms with Gasteiger partial charge in [-0.25, -0.2) is 4.39 Å². The molecule has 1 saturated heterocycles. The Balaban J connectivity index is 1.81. The highest BCUT2D eigenvalue weighted by molar-refractivity contribution is 5.78. The minimum atomic E-state index is -0.207. The molecular formula is C14H20FN3O2. The summed E-state index contributed by atoms with van der Waals surface area (Å²) in [4.78, 5) is 15.6. The molecule has 6 heteroatoms. The van der Waals surface area contributed by atoms with Gasteiger partial charge < -0.3 is 15.3 Å². The maximum atomic E-state index is 13.7. The van der Waals surface area contributed by atoms with Gasteiger partial charge in [-0.1, -0.05) is 12.1 Å². The van der Waals surface area contributed by atoms with E-state index in [0.29, 0.717) is 25.3 Å². The average Bonchev–Trinajstić information content (AvgIpc) is 2.47. The van der Waals surface area contributed by atoms with Crippen molar-refractivity contribution in [1.82, 2.24) is 10.2 Å². The van der Waals surface area contributed by atoms with Crippen LogP contribution in [0.4, 0.5) is 10.1 Å². The lowest BCUT2D eigenvalue weighted by Crippen LogP contribution is -2.49. The Morgan fingerprint density at radius 1 is 1.25 bits per heavy atom. The molecule has 0 atom stereocenters. The Bertz CT molecular complexity index is 448. The SMILES string of the molecule is O=C(CN1CCN(c2ccccc2F)CC1)NCCO. The molecule has 0 aliphatic carbocycles. The Hall–Kier alpha value is -1.66. The molecule has 0 saturated carbocycles. The number of carbonyl (C=O) groups is 1. The summed E-state index contributed by atoms with van der Waals surface area (Å²) >= 11 is 0. The predicted octanol–water partition coefficient (Wildman–Crippen LogP) is 0.0562. The van der Waals surface area contributed by atoms with Gasteiger partial charge in [-0.15, -0.1) is 0 Å². The van der Waals surface area contributed by atoms with Crippen LogP contribution in [0.5, 0.6) is 0 Å². The second-order valence-corrected chi connectivity index (χ2v) is 4.79. The van der Waals surface area contributed by atoms with Gasteiger partial charge in [0.15, 0.2) is 0 Å². The van der Waals surface area contributed by atoms with Gasteiger partial charge in [-0.2, -0.15) is 0 Å². The normalized spacial score (nSPS) is 16.2. The van der Waals surface area contributed by atoms with Crippen LogP contribution in [-0.4, -0.2) is 61.8 Å². The van der Waals surface area contributed by atoms with Gasteiger partial charge in [-0.05, 0) is 12.1 Å². The third-order valence-electron chi connectivity index (χ3n) is 3.37. The molecule has 5 nitrogen and oxygen atoms in total. The third kappa shape index (κ3) is 3.91. The molecule has 1 heterocycles. The molecule has 0 radical (unpaired) electrons. The monoisotopic (exact) mass is 281 g/mol. The van der Waals surface area contributed by atoms with E-state index in [4.69, 9.17) is 5.11 Å². The lowest BCUT2D eigenvalue weighted by atomic mass is 10.2. The largest absolute Gasteiger partial charge is 0.395 e. The van der Waals surface area contributed by atoms with Gasteiger partial charge in [0.25, 0.3) is 0 Å². The highest BCUT2D eigenvalue weighted by Crippen LogP contribution is 2.19. The summed E-state index contributed by atoms with van der Waals surface area (Å²) in [5, 5.41) is 11.3. The standard InChI is InChI=1S/C14H20FN3O2/c15-12-3-1-2-4-13(12)18-8-6-17(7-9-18)11-14(20)16-5-10-19/h1-4,19H,5-11H2,(H,16,20). The molecule has 1 aromatic rings. The number of para-hydroxylation sites is 1. The number of piperazine rings is 1. The molecule has 1 fully saturated rings. The molecule has 0 bridgehead atoms. The number of halogens is 1. The Morgan fingerprint density at radius 2 is 1.95 bits per heavy atom. The molecule has 0 aromatic heterocycles. The number of nitrogens with one attached hydrogen (secondary N) is 1. The first kappa shape index (κ1) is 14.7. The number of aliphatic hydroxyl groups excluding tert-OH is 1. The van der Waals surface area contributed by atoms with E-state index in [1.807, 2.05) is 15.9 Å². The smallest absolute Gasteiger partial charge is 0.234 e. The molecule has 1 aliphatic heterocycles. The number of amides is 1. The minimum Gasteiger partial charge on any atom is -0.395 e. The highest BCUT2D eigenvalue weighted by Gasteiger charge is 2.20. The molecule has 1 aliphatic rings. The van der Waals surface area contributed by atoms with Gasteiger partial charge in [0.2, 0.25) is 5.91 Å². The summed E-state index contributed by atoms with van der Waals surface area (Å²) in [5.41, 5.74) is 0.622. The van der Waals surface area contributed by atoms with Crippen molar-refractivity contribution in [3.05, 3.63) is 30.1 Å². The Kier molecular flexibility index (Phi) is 5.31. The predicted molar refractivity (Wildman–Crippen MR) is 75.1 cm³/mol. The van der Waals surface area contributed by atoms with E-state index >= 15 is 0 Å². The minimum absolute atomic E-state index is 0.0488. The first-order valence-corrected chi connectivity index (χ1v) is 6.80. The number of anilines is 1. The molecule has 20 heavy (non-hydrogen) atoms. The van der Waals surface area contributed by atoms with Gasteiger partial charge in [0.1, 0.15) is 5.82 Å². The summed E-state index contributed by atoms with van der Waals surface area (Å²) in [6.07, 6.45) is 0. The van der Waals surface area contributed by atoms with Crippen LogP contribution in [0.15, 0.2) is 24.3 Å².